The van der Waals surface area contributed by atoms with Gasteiger partial charge in [-0.3, -0.25) is 4.79 Å². The van der Waals surface area contributed by atoms with Gasteiger partial charge in [-0.25, -0.2) is 4.79 Å². The van der Waals surface area contributed by atoms with Crippen LogP contribution in [0.15, 0.2) is 0 Å². The van der Waals surface area contributed by atoms with Gasteiger partial charge in [0.1, 0.15) is 0 Å². The van der Waals surface area contributed by atoms with E-state index in [2.05, 4.69) is 15.5 Å². The predicted octanol–water partition coefficient (Wildman–Crippen LogP) is -0.130. The Kier molecular flexibility index (Phi) is 6.58. The zero-order chi connectivity index (χ0) is 14.3. The molecule has 110 valence electrons. The number of nitrogens with one attached hydrogen (secondary N) is 2. The van der Waals surface area contributed by atoms with Gasteiger partial charge < -0.3 is 25.4 Å². The quantitative estimate of drug-likeness (QED) is 0.627. The van der Waals surface area contributed by atoms with Crippen molar-refractivity contribution >= 4 is 12.0 Å². The summed E-state index contributed by atoms with van der Waals surface area (Å²) >= 11 is 0. The number of carboxylic acids is 1. The van der Waals surface area contributed by atoms with Gasteiger partial charge in [0.2, 0.25) is 0 Å². The molecular formula is C12H23N3O4. The summed E-state index contributed by atoms with van der Waals surface area (Å²) in [5.74, 6) is -0.854. The summed E-state index contributed by atoms with van der Waals surface area (Å²) in [6.45, 7) is 4.64. The van der Waals surface area contributed by atoms with E-state index in [0.717, 1.165) is 13.1 Å². The van der Waals surface area contributed by atoms with Crippen LogP contribution < -0.4 is 10.6 Å². The third-order valence-corrected chi connectivity index (χ3v) is 3.00. The zero-order valence-corrected chi connectivity index (χ0v) is 11.5. The van der Waals surface area contributed by atoms with Crippen LogP contribution in [0.25, 0.3) is 0 Å². The molecule has 2 unspecified atom stereocenters. The Labute approximate surface area is 113 Å². The Morgan fingerprint density at radius 1 is 1.53 bits per heavy atom. The van der Waals surface area contributed by atoms with Crippen LogP contribution >= 0.6 is 0 Å². The average Bonchev–Trinajstić information content (AvgIpc) is 2.34. The number of nitrogens with zero attached hydrogens (tertiary/aromatic N) is 1. The van der Waals surface area contributed by atoms with E-state index in [4.69, 9.17) is 9.84 Å². The molecule has 0 aliphatic carbocycles. The standard InChI is InChI=1S/C12H23N3O4/c1-9(3-4-11(16)17)14-12(18)13-7-10-8-15(2)5-6-19-10/h9-10H,3-8H2,1-2H3,(H,16,17)(H2,13,14,18). The molecule has 1 rings (SSSR count). The first-order chi connectivity index (χ1) is 8.97. The van der Waals surface area contributed by atoms with E-state index in [-0.39, 0.29) is 24.6 Å². The van der Waals surface area contributed by atoms with Gasteiger partial charge in [0.05, 0.1) is 12.7 Å². The number of hydrogen-bond acceptors (Lipinski definition) is 4. The van der Waals surface area contributed by atoms with Crippen molar-refractivity contribution in [2.45, 2.75) is 31.9 Å². The van der Waals surface area contributed by atoms with Gasteiger partial charge in [0.15, 0.2) is 0 Å². The van der Waals surface area contributed by atoms with Gasteiger partial charge in [-0.05, 0) is 20.4 Å². The van der Waals surface area contributed by atoms with Gasteiger partial charge >= 0.3 is 12.0 Å². The van der Waals surface area contributed by atoms with E-state index < -0.39 is 5.97 Å². The summed E-state index contributed by atoms with van der Waals surface area (Å²) in [5, 5.41) is 14.0. The number of amides is 2. The maximum atomic E-state index is 11.6. The van der Waals surface area contributed by atoms with E-state index in [1.165, 1.54) is 0 Å². The van der Waals surface area contributed by atoms with E-state index in [1.54, 1.807) is 6.92 Å². The second-order valence-electron chi connectivity index (χ2n) is 4.94. The number of carbonyl (C=O) groups is 2. The molecule has 1 aliphatic heterocycles. The molecule has 0 aromatic carbocycles. The number of carbonyl (C=O) groups excluding carboxylic acids is 1. The fourth-order valence-corrected chi connectivity index (χ4v) is 1.88. The summed E-state index contributed by atoms with van der Waals surface area (Å²) in [6, 6.07) is -0.444. The third-order valence-electron chi connectivity index (χ3n) is 3.00. The van der Waals surface area contributed by atoms with Crippen LogP contribution in [0.2, 0.25) is 0 Å². The Morgan fingerprint density at radius 2 is 2.26 bits per heavy atom. The first-order valence-corrected chi connectivity index (χ1v) is 6.53. The molecule has 7 heteroatoms. The Hall–Kier alpha value is -1.34. The molecule has 7 nitrogen and oxygen atoms in total. The number of urea groups is 1. The molecule has 1 aliphatic rings. The lowest BCUT2D eigenvalue weighted by Crippen LogP contribution is -2.49. The number of hydrogen-bond donors (Lipinski definition) is 3. The molecule has 0 aromatic rings. The van der Waals surface area contributed by atoms with E-state index in [0.29, 0.717) is 19.6 Å². The number of ether oxygens (including phenoxy) is 1. The van der Waals surface area contributed by atoms with Gasteiger partial charge in [-0.1, -0.05) is 0 Å². The largest absolute Gasteiger partial charge is 0.481 e. The van der Waals surface area contributed by atoms with E-state index in [9.17, 15) is 9.59 Å². The lowest BCUT2D eigenvalue weighted by Gasteiger charge is -2.30. The highest BCUT2D eigenvalue weighted by Crippen LogP contribution is 2.01. The number of aliphatic carboxylic acids is 1. The van der Waals surface area contributed by atoms with Crippen LogP contribution in [-0.4, -0.2) is 67.4 Å². The summed E-state index contributed by atoms with van der Waals surface area (Å²) in [5.41, 5.74) is 0. The number of rotatable bonds is 6. The second-order valence-corrected chi connectivity index (χ2v) is 4.94. The monoisotopic (exact) mass is 273 g/mol. The maximum absolute atomic E-state index is 11.6. The lowest BCUT2D eigenvalue weighted by atomic mass is 10.2. The Morgan fingerprint density at radius 3 is 2.89 bits per heavy atom. The molecule has 0 spiro atoms. The first kappa shape index (κ1) is 15.7. The van der Waals surface area contributed by atoms with Crippen LogP contribution in [-0.2, 0) is 9.53 Å². The van der Waals surface area contributed by atoms with E-state index in [1.807, 2.05) is 7.05 Å². The molecular weight excluding hydrogens is 250 g/mol. The fourth-order valence-electron chi connectivity index (χ4n) is 1.88. The van der Waals surface area contributed by atoms with Crippen molar-refractivity contribution in [1.82, 2.24) is 15.5 Å². The van der Waals surface area contributed by atoms with E-state index >= 15 is 0 Å². The zero-order valence-electron chi connectivity index (χ0n) is 11.5. The average molecular weight is 273 g/mol. The van der Waals surface area contributed by atoms with Crippen LogP contribution in [0.1, 0.15) is 19.8 Å². The van der Waals surface area contributed by atoms with Crippen molar-refractivity contribution in [2.24, 2.45) is 0 Å². The topological polar surface area (TPSA) is 90.9 Å². The van der Waals surface area contributed by atoms with Crippen LogP contribution in [0.4, 0.5) is 4.79 Å². The molecule has 1 saturated heterocycles. The summed E-state index contributed by atoms with van der Waals surface area (Å²) in [4.78, 5) is 24.1. The minimum Gasteiger partial charge on any atom is -0.481 e. The minimum absolute atomic E-state index is 0.0128. The highest BCUT2D eigenvalue weighted by atomic mass is 16.5. The van der Waals surface area contributed by atoms with Gasteiger partial charge in [-0.2, -0.15) is 0 Å². The highest BCUT2D eigenvalue weighted by Gasteiger charge is 2.18. The summed E-state index contributed by atoms with van der Waals surface area (Å²) in [7, 11) is 2.02. The third kappa shape index (κ3) is 6.97. The van der Waals surface area contributed by atoms with Crippen LogP contribution in [0.3, 0.4) is 0 Å². The Bertz CT molecular complexity index is 311. The fraction of sp³-hybridized carbons (Fsp3) is 0.833. The first-order valence-electron chi connectivity index (χ1n) is 6.53. The molecule has 0 aromatic heterocycles. The summed E-state index contributed by atoms with van der Waals surface area (Å²) in [6.07, 6.45) is 0.488. The maximum Gasteiger partial charge on any atom is 0.315 e. The van der Waals surface area contributed by atoms with Crippen molar-refractivity contribution in [3.63, 3.8) is 0 Å². The van der Waals surface area contributed by atoms with Gasteiger partial charge in [-0.15, -0.1) is 0 Å². The Balaban J connectivity index is 2.14. The number of morpholine rings is 1. The molecule has 3 N–H and O–H groups in total. The van der Waals surface area contributed by atoms with Crippen LogP contribution in [0.5, 0.6) is 0 Å². The lowest BCUT2D eigenvalue weighted by molar-refractivity contribution is -0.137. The molecule has 2 amide bonds. The molecule has 0 saturated carbocycles. The van der Waals surface area contributed by atoms with Crippen molar-refractivity contribution in [1.29, 1.82) is 0 Å². The SMILES string of the molecule is CC(CCC(=O)O)NC(=O)NCC1CN(C)CCO1. The van der Waals surface area contributed by atoms with Gasteiger partial charge in [0, 0.05) is 32.1 Å². The highest BCUT2D eigenvalue weighted by molar-refractivity contribution is 5.74. The van der Waals surface area contributed by atoms with Crippen LogP contribution in [0, 0.1) is 0 Å². The normalized spacial score (nSPS) is 21.7. The van der Waals surface area contributed by atoms with Crippen molar-refractivity contribution in [3.8, 4) is 0 Å². The van der Waals surface area contributed by atoms with Crippen molar-refractivity contribution < 1.29 is 19.4 Å². The molecule has 1 fully saturated rings. The summed E-state index contributed by atoms with van der Waals surface area (Å²) < 4.78 is 5.52. The molecule has 19 heavy (non-hydrogen) atoms. The predicted molar refractivity (Wildman–Crippen MR) is 70.1 cm³/mol. The number of carboxylic acid groups (broad SMARTS) is 1. The smallest absolute Gasteiger partial charge is 0.315 e. The second kappa shape index (κ2) is 7.96. The molecule has 0 bridgehead atoms. The minimum atomic E-state index is -0.854. The van der Waals surface area contributed by atoms with Crippen molar-refractivity contribution in [3.05, 3.63) is 0 Å². The molecule has 0 radical (unpaired) electrons. The molecule has 1 heterocycles. The van der Waals surface area contributed by atoms with Crippen molar-refractivity contribution in [2.75, 3.05) is 33.3 Å². The number of likely N-dealkylation sites (N-methyl/N-ethyl adjacent to an activating group) is 1. The molecule has 2 atom stereocenters. The van der Waals surface area contributed by atoms with Gasteiger partial charge in [0.25, 0.3) is 0 Å².